The van der Waals surface area contributed by atoms with Crippen molar-refractivity contribution in [2.45, 2.75) is 38.6 Å². The molecule has 18 heavy (non-hydrogen) atoms. The zero-order chi connectivity index (χ0) is 12.8. The number of rotatable bonds is 6. The Morgan fingerprint density at radius 1 is 1.33 bits per heavy atom. The second-order valence-electron chi connectivity index (χ2n) is 5.02. The van der Waals surface area contributed by atoms with Crippen molar-refractivity contribution in [1.29, 1.82) is 0 Å². The largest absolute Gasteiger partial charge is 0.396 e. The SMILES string of the molecule is C[C@@H]1C[C@H](COCc2ccccc2)O[C@H]1CCO. The summed E-state index contributed by atoms with van der Waals surface area (Å²) in [6.07, 6.45) is 2.14. The topological polar surface area (TPSA) is 38.7 Å². The Bertz CT molecular complexity index is 339. The Morgan fingerprint density at radius 2 is 2.11 bits per heavy atom. The molecule has 1 aliphatic heterocycles. The van der Waals surface area contributed by atoms with Crippen LogP contribution < -0.4 is 0 Å². The van der Waals surface area contributed by atoms with Crippen molar-refractivity contribution in [3.63, 3.8) is 0 Å². The van der Waals surface area contributed by atoms with Gasteiger partial charge >= 0.3 is 0 Å². The van der Waals surface area contributed by atoms with E-state index < -0.39 is 0 Å². The molecule has 3 nitrogen and oxygen atoms in total. The number of aliphatic hydroxyl groups excluding tert-OH is 1. The van der Waals surface area contributed by atoms with Crippen molar-refractivity contribution in [2.75, 3.05) is 13.2 Å². The van der Waals surface area contributed by atoms with Gasteiger partial charge in [0, 0.05) is 6.61 Å². The Labute approximate surface area is 109 Å². The molecule has 2 rings (SSSR count). The lowest BCUT2D eigenvalue weighted by Gasteiger charge is -2.14. The molecule has 1 fully saturated rings. The van der Waals surface area contributed by atoms with Crippen molar-refractivity contribution in [2.24, 2.45) is 5.92 Å². The van der Waals surface area contributed by atoms with Gasteiger partial charge in [0.1, 0.15) is 0 Å². The summed E-state index contributed by atoms with van der Waals surface area (Å²) < 4.78 is 11.6. The summed E-state index contributed by atoms with van der Waals surface area (Å²) in [4.78, 5) is 0. The third-order valence-corrected chi connectivity index (χ3v) is 3.47. The molecular formula is C15H22O3. The summed E-state index contributed by atoms with van der Waals surface area (Å²) in [5, 5.41) is 8.94. The van der Waals surface area contributed by atoms with Crippen LogP contribution in [0.5, 0.6) is 0 Å². The Kier molecular flexibility index (Phi) is 5.17. The average molecular weight is 250 g/mol. The fourth-order valence-electron chi connectivity index (χ4n) is 2.47. The second-order valence-corrected chi connectivity index (χ2v) is 5.02. The van der Waals surface area contributed by atoms with Gasteiger partial charge in [0.05, 0.1) is 25.4 Å². The Balaban J connectivity index is 1.69. The average Bonchev–Trinajstić information content (AvgIpc) is 2.72. The minimum absolute atomic E-state index is 0.181. The van der Waals surface area contributed by atoms with E-state index in [0.29, 0.717) is 19.1 Å². The van der Waals surface area contributed by atoms with Crippen LogP contribution >= 0.6 is 0 Å². The van der Waals surface area contributed by atoms with E-state index in [1.165, 1.54) is 5.56 Å². The van der Waals surface area contributed by atoms with Gasteiger partial charge in [0.2, 0.25) is 0 Å². The van der Waals surface area contributed by atoms with Gasteiger partial charge in [-0.05, 0) is 24.3 Å². The van der Waals surface area contributed by atoms with Crippen LogP contribution in [0.3, 0.4) is 0 Å². The van der Waals surface area contributed by atoms with Crippen molar-refractivity contribution >= 4 is 0 Å². The predicted molar refractivity (Wildman–Crippen MR) is 70.2 cm³/mol. The summed E-state index contributed by atoms with van der Waals surface area (Å²) in [6, 6.07) is 10.2. The molecule has 1 aromatic rings. The zero-order valence-electron chi connectivity index (χ0n) is 10.9. The van der Waals surface area contributed by atoms with Crippen LogP contribution in [-0.2, 0) is 16.1 Å². The van der Waals surface area contributed by atoms with Gasteiger partial charge < -0.3 is 14.6 Å². The van der Waals surface area contributed by atoms with Gasteiger partial charge in [-0.1, -0.05) is 37.3 Å². The second kappa shape index (κ2) is 6.88. The van der Waals surface area contributed by atoms with Gasteiger partial charge in [-0.2, -0.15) is 0 Å². The van der Waals surface area contributed by atoms with Crippen LogP contribution in [0.2, 0.25) is 0 Å². The van der Waals surface area contributed by atoms with Crippen LogP contribution in [0.1, 0.15) is 25.3 Å². The van der Waals surface area contributed by atoms with Crippen molar-refractivity contribution in [3.05, 3.63) is 35.9 Å². The summed E-state index contributed by atoms with van der Waals surface area (Å²) in [7, 11) is 0. The third-order valence-electron chi connectivity index (χ3n) is 3.47. The Morgan fingerprint density at radius 3 is 2.83 bits per heavy atom. The van der Waals surface area contributed by atoms with Crippen LogP contribution in [0, 0.1) is 5.92 Å². The number of hydrogen-bond donors (Lipinski definition) is 1. The molecule has 0 unspecified atom stereocenters. The van der Waals surface area contributed by atoms with Crippen LogP contribution in [0.25, 0.3) is 0 Å². The van der Waals surface area contributed by atoms with E-state index in [-0.39, 0.29) is 18.8 Å². The molecule has 1 N–H and O–H groups in total. The first-order valence-corrected chi connectivity index (χ1v) is 6.67. The highest BCUT2D eigenvalue weighted by molar-refractivity contribution is 5.13. The number of ether oxygens (including phenoxy) is 2. The van der Waals surface area contributed by atoms with E-state index in [0.717, 1.165) is 12.8 Å². The fraction of sp³-hybridized carbons (Fsp3) is 0.600. The van der Waals surface area contributed by atoms with Gasteiger partial charge in [-0.3, -0.25) is 0 Å². The van der Waals surface area contributed by atoms with Gasteiger partial charge in [0.15, 0.2) is 0 Å². The minimum Gasteiger partial charge on any atom is -0.396 e. The first kappa shape index (κ1) is 13.5. The molecule has 0 aliphatic carbocycles. The zero-order valence-corrected chi connectivity index (χ0v) is 10.9. The lowest BCUT2D eigenvalue weighted by molar-refractivity contribution is -0.0291. The maximum atomic E-state index is 8.94. The molecule has 3 heteroatoms. The van der Waals surface area contributed by atoms with E-state index in [1.54, 1.807) is 0 Å². The normalized spacial score (nSPS) is 27.6. The van der Waals surface area contributed by atoms with Crippen molar-refractivity contribution in [1.82, 2.24) is 0 Å². The molecule has 1 aliphatic rings. The van der Waals surface area contributed by atoms with Crippen LogP contribution in [0.4, 0.5) is 0 Å². The quantitative estimate of drug-likeness (QED) is 0.842. The molecule has 3 atom stereocenters. The molecule has 0 aromatic heterocycles. The summed E-state index contributed by atoms with van der Waals surface area (Å²) in [5.41, 5.74) is 1.19. The highest BCUT2D eigenvalue weighted by Crippen LogP contribution is 2.28. The monoisotopic (exact) mass is 250 g/mol. The molecule has 1 aromatic carbocycles. The highest BCUT2D eigenvalue weighted by atomic mass is 16.5. The molecule has 1 saturated heterocycles. The lowest BCUT2D eigenvalue weighted by atomic mass is 10.00. The number of benzene rings is 1. The summed E-state index contributed by atoms with van der Waals surface area (Å²) >= 11 is 0. The summed E-state index contributed by atoms with van der Waals surface area (Å²) in [6.45, 7) is 3.66. The van der Waals surface area contributed by atoms with E-state index in [9.17, 15) is 0 Å². The van der Waals surface area contributed by atoms with Crippen molar-refractivity contribution < 1.29 is 14.6 Å². The van der Waals surface area contributed by atoms with E-state index in [1.807, 2.05) is 18.2 Å². The smallest absolute Gasteiger partial charge is 0.0816 e. The van der Waals surface area contributed by atoms with E-state index in [2.05, 4.69) is 19.1 Å². The molecule has 100 valence electrons. The van der Waals surface area contributed by atoms with Crippen LogP contribution in [-0.4, -0.2) is 30.5 Å². The first-order chi connectivity index (χ1) is 8.79. The molecule has 0 spiro atoms. The summed E-state index contributed by atoms with van der Waals surface area (Å²) in [5.74, 6) is 0.516. The van der Waals surface area contributed by atoms with E-state index in [4.69, 9.17) is 14.6 Å². The fourth-order valence-corrected chi connectivity index (χ4v) is 2.47. The van der Waals surface area contributed by atoms with Gasteiger partial charge in [-0.25, -0.2) is 0 Å². The molecule has 0 amide bonds. The number of aliphatic hydroxyl groups is 1. The standard InChI is InChI=1S/C15H22O3/c1-12-9-14(18-15(12)7-8-16)11-17-10-13-5-3-2-4-6-13/h2-6,12,14-16H,7-11H2,1H3/t12-,14-,15+/m1/s1. The molecule has 0 radical (unpaired) electrons. The minimum atomic E-state index is 0.181. The maximum absolute atomic E-state index is 8.94. The highest BCUT2D eigenvalue weighted by Gasteiger charge is 2.31. The first-order valence-electron chi connectivity index (χ1n) is 6.67. The van der Waals surface area contributed by atoms with E-state index >= 15 is 0 Å². The van der Waals surface area contributed by atoms with Crippen molar-refractivity contribution in [3.8, 4) is 0 Å². The lowest BCUT2D eigenvalue weighted by Crippen LogP contribution is -2.18. The van der Waals surface area contributed by atoms with Gasteiger partial charge in [-0.15, -0.1) is 0 Å². The molecule has 0 bridgehead atoms. The Hall–Kier alpha value is -0.900. The van der Waals surface area contributed by atoms with Gasteiger partial charge in [0.25, 0.3) is 0 Å². The third kappa shape index (κ3) is 3.80. The maximum Gasteiger partial charge on any atom is 0.0816 e. The molecular weight excluding hydrogens is 228 g/mol. The molecule has 1 heterocycles. The number of hydrogen-bond acceptors (Lipinski definition) is 3. The molecule has 0 saturated carbocycles. The predicted octanol–water partition coefficient (Wildman–Crippen LogP) is 2.38. The van der Waals surface area contributed by atoms with Crippen LogP contribution in [0.15, 0.2) is 30.3 Å².